The Labute approximate surface area is 171 Å². The highest BCUT2D eigenvalue weighted by atomic mass is 32.1. The molecule has 30 heavy (non-hydrogen) atoms. The van der Waals surface area contributed by atoms with E-state index in [9.17, 15) is 26.7 Å². The van der Waals surface area contributed by atoms with Crippen molar-refractivity contribution in [3.05, 3.63) is 69.6 Å². The molecule has 158 valence electrons. The molecule has 0 saturated heterocycles. The van der Waals surface area contributed by atoms with E-state index in [1.54, 1.807) is 0 Å². The Morgan fingerprint density at radius 3 is 2.37 bits per heavy atom. The van der Waals surface area contributed by atoms with Crippen molar-refractivity contribution in [2.24, 2.45) is 0 Å². The molecule has 1 heterocycles. The Morgan fingerprint density at radius 1 is 1.07 bits per heavy atom. The van der Waals surface area contributed by atoms with Crippen molar-refractivity contribution in [2.45, 2.75) is 26.1 Å². The second kappa shape index (κ2) is 9.21. The lowest BCUT2D eigenvalue weighted by Gasteiger charge is -2.11. The smallest absolute Gasteiger partial charge is 0.303 e. The fourth-order valence-corrected chi connectivity index (χ4v) is 3.50. The summed E-state index contributed by atoms with van der Waals surface area (Å²) in [5.41, 5.74) is 0.109. The molecule has 1 N–H and O–H groups in total. The van der Waals surface area contributed by atoms with Crippen LogP contribution >= 0.6 is 11.5 Å². The summed E-state index contributed by atoms with van der Waals surface area (Å²) in [4.78, 5) is 10.7. The van der Waals surface area contributed by atoms with Gasteiger partial charge in [-0.1, -0.05) is 0 Å². The molecule has 10 heteroatoms. The van der Waals surface area contributed by atoms with Crippen molar-refractivity contribution in [1.29, 1.82) is 0 Å². The number of carbonyl (C=O) groups is 1. The Kier molecular flexibility index (Phi) is 6.66. The lowest BCUT2D eigenvalue weighted by Crippen LogP contribution is -2.04. The molecular weight excluding hydrogens is 429 g/mol. The topological polar surface area (TPSA) is 59.4 Å². The zero-order valence-corrected chi connectivity index (χ0v) is 16.0. The average molecular weight is 443 g/mol. The van der Waals surface area contributed by atoms with Gasteiger partial charge in [0.25, 0.3) is 0 Å². The average Bonchev–Trinajstić information content (AvgIpc) is 3.08. The SMILES string of the molecule is O=C(O)CCc1cc(F)c(OCc2c(-c3ccc(F)cc3F)nsc2CF)c(F)c1. The maximum Gasteiger partial charge on any atom is 0.303 e. The zero-order chi connectivity index (χ0) is 21.8. The van der Waals surface area contributed by atoms with Gasteiger partial charge in [0.15, 0.2) is 17.4 Å². The van der Waals surface area contributed by atoms with E-state index in [-0.39, 0.29) is 40.1 Å². The van der Waals surface area contributed by atoms with Crippen molar-refractivity contribution in [2.75, 3.05) is 0 Å². The standard InChI is InChI=1S/C20H14F5NO3S/c21-8-17-13(19(26-30-17)12-3-2-11(22)7-14(12)23)9-29-20-15(24)5-10(6-16(20)25)1-4-18(27)28/h2-3,5-7H,1,4,8-9H2,(H,27,28). The largest absolute Gasteiger partial charge is 0.483 e. The van der Waals surface area contributed by atoms with Crippen LogP contribution in [0.3, 0.4) is 0 Å². The third-order valence-corrected chi connectivity index (χ3v) is 5.07. The van der Waals surface area contributed by atoms with Crippen molar-refractivity contribution in [1.82, 2.24) is 4.37 Å². The number of benzene rings is 2. The van der Waals surface area contributed by atoms with Gasteiger partial charge in [0.2, 0.25) is 0 Å². The van der Waals surface area contributed by atoms with Gasteiger partial charge in [-0.3, -0.25) is 4.79 Å². The van der Waals surface area contributed by atoms with Gasteiger partial charge in [-0.25, -0.2) is 22.0 Å². The Bertz CT molecular complexity index is 1060. The Hall–Kier alpha value is -3.01. The monoisotopic (exact) mass is 443 g/mol. The summed E-state index contributed by atoms with van der Waals surface area (Å²) in [7, 11) is 0. The highest BCUT2D eigenvalue weighted by Crippen LogP contribution is 2.33. The van der Waals surface area contributed by atoms with Crippen LogP contribution in [0.25, 0.3) is 11.3 Å². The van der Waals surface area contributed by atoms with E-state index in [1.165, 1.54) is 0 Å². The fourth-order valence-electron chi connectivity index (χ4n) is 2.78. The number of carboxylic acids is 1. The second-order valence-electron chi connectivity index (χ2n) is 6.26. The van der Waals surface area contributed by atoms with E-state index in [0.717, 1.165) is 35.8 Å². The predicted molar refractivity (Wildman–Crippen MR) is 98.9 cm³/mol. The summed E-state index contributed by atoms with van der Waals surface area (Å²) < 4.78 is 78.4. The summed E-state index contributed by atoms with van der Waals surface area (Å²) in [6, 6.07) is 4.67. The van der Waals surface area contributed by atoms with Gasteiger partial charge < -0.3 is 9.84 Å². The van der Waals surface area contributed by atoms with Crippen LogP contribution in [0.4, 0.5) is 22.0 Å². The number of aryl methyl sites for hydroxylation is 1. The van der Waals surface area contributed by atoms with Crippen molar-refractivity contribution < 1.29 is 36.6 Å². The minimum absolute atomic E-state index is 0.0101. The first-order valence-corrected chi connectivity index (χ1v) is 9.38. The van der Waals surface area contributed by atoms with E-state index in [1.807, 2.05) is 0 Å². The first-order chi connectivity index (χ1) is 14.3. The number of nitrogens with zero attached hydrogens (tertiary/aromatic N) is 1. The van der Waals surface area contributed by atoms with E-state index < -0.39 is 48.3 Å². The molecule has 0 unspecified atom stereocenters. The summed E-state index contributed by atoms with van der Waals surface area (Å²) in [5.74, 6) is -5.70. The molecule has 4 nitrogen and oxygen atoms in total. The molecule has 0 aliphatic carbocycles. The van der Waals surface area contributed by atoms with E-state index in [0.29, 0.717) is 6.07 Å². The van der Waals surface area contributed by atoms with Crippen LogP contribution in [0.5, 0.6) is 5.75 Å². The number of hydrogen-bond acceptors (Lipinski definition) is 4. The molecule has 0 saturated carbocycles. The fraction of sp³-hybridized carbons (Fsp3) is 0.200. The van der Waals surface area contributed by atoms with Crippen LogP contribution < -0.4 is 4.74 Å². The van der Waals surface area contributed by atoms with Crippen LogP contribution in [0.1, 0.15) is 22.4 Å². The van der Waals surface area contributed by atoms with Gasteiger partial charge >= 0.3 is 5.97 Å². The summed E-state index contributed by atoms with van der Waals surface area (Å²) in [6.07, 6.45) is -0.371. The van der Waals surface area contributed by atoms with Gasteiger partial charge in [0.1, 0.15) is 24.9 Å². The van der Waals surface area contributed by atoms with Gasteiger partial charge in [0.05, 0.1) is 10.6 Å². The predicted octanol–water partition coefficient (Wildman–Crippen LogP) is 5.43. The maximum absolute atomic E-state index is 14.3. The lowest BCUT2D eigenvalue weighted by molar-refractivity contribution is -0.136. The minimum atomic E-state index is -1.11. The molecule has 0 bridgehead atoms. The Balaban J connectivity index is 1.87. The van der Waals surface area contributed by atoms with Crippen LogP contribution in [0.15, 0.2) is 30.3 Å². The van der Waals surface area contributed by atoms with Crippen molar-refractivity contribution in [3.63, 3.8) is 0 Å². The lowest BCUT2D eigenvalue weighted by atomic mass is 10.1. The molecule has 2 aromatic carbocycles. The van der Waals surface area contributed by atoms with Crippen LogP contribution in [-0.2, 0) is 24.5 Å². The quantitative estimate of drug-likeness (QED) is 0.472. The number of halogens is 5. The molecule has 0 amide bonds. The molecule has 0 radical (unpaired) electrons. The molecule has 3 rings (SSSR count). The minimum Gasteiger partial charge on any atom is -0.483 e. The molecule has 1 aromatic heterocycles. The molecule has 0 fully saturated rings. The van der Waals surface area contributed by atoms with Crippen LogP contribution in [-0.4, -0.2) is 15.4 Å². The number of alkyl halides is 1. The second-order valence-corrected chi connectivity index (χ2v) is 7.12. The number of aliphatic carboxylic acids is 1. The van der Waals surface area contributed by atoms with E-state index in [4.69, 9.17) is 9.84 Å². The van der Waals surface area contributed by atoms with Gasteiger partial charge in [-0.15, -0.1) is 0 Å². The first kappa shape index (κ1) is 21.7. The van der Waals surface area contributed by atoms with Gasteiger partial charge in [-0.2, -0.15) is 4.37 Å². The third kappa shape index (κ3) is 4.76. The molecule has 0 atom stereocenters. The normalized spacial score (nSPS) is 11.0. The maximum atomic E-state index is 14.3. The molecule has 0 aliphatic rings. The highest BCUT2D eigenvalue weighted by molar-refractivity contribution is 7.06. The molecule has 3 aromatic rings. The number of aromatic nitrogens is 1. The molecule has 0 aliphatic heterocycles. The van der Waals surface area contributed by atoms with Crippen molar-refractivity contribution >= 4 is 17.5 Å². The summed E-state index contributed by atoms with van der Waals surface area (Å²) >= 11 is 0.731. The number of carboxylic acid groups (broad SMARTS) is 1. The zero-order valence-electron chi connectivity index (χ0n) is 15.2. The van der Waals surface area contributed by atoms with E-state index in [2.05, 4.69) is 4.37 Å². The van der Waals surface area contributed by atoms with Crippen LogP contribution in [0, 0.1) is 23.3 Å². The number of ether oxygens (including phenoxy) is 1. The van der Waals surface area contributed by atoms with Crippen LogP contribution in [0.2, 0.25) is 0 Å². The number of hydrogen-bond donors (Lipinski definition) is 1. The van der Waals surface area contributed by atoms with Crippen molar-refractivity contribution in [3.8, 4) is 17.0 Å². The summed E-state index contributed by atoms with van der Waals surface area (Å²) in [5, 5.41) is 8.67. The number of rotatable bonds is 8. The molecule has 0 spiro atoms. The first-order valence-electron chi connectivity index (χ1n) is 8.61. The highest BCUT2D eigenvalue weighted by Gasteiger charge is 2.21. The van der Waals surface area contributed by atoms with E-state index >= 15 is 0 Å². The van der Waals surface area contributed by atoms with Gasteiger partial charge in [0, 0.05) is 23.6 Å². The third-order valence-electron chi connectivity index (χ3n) is 4.22. The summed E-state index contributed by atoms with van der Waals surface area (Å²) in [6.45, 7) is -1.47. The molecular formula is C20H14F5NO3S. The van der Waals surface area contributed by atoms with Gasteiger partial charge in [-0.05, 0) is 47.8 Å². The Morgan fingerprint density at radius 2 is 1.77 bits per heavy atom.